The molecular weight excluding hydrogens is 479 g/mol. The maximum atomic E-state index is 14.4. The fourth-order valence-corrected chi connectivity index (χ4v) is 4.55. The molecule has 1 aliphatic rings. The monoisotopic (exact) mass is 500 g/mol. The number of methoxy groups -OCH3 is 2. The predicted octanol–water partition coefficient (Wildman–Crippen LogP) is 1.63. The highest BCUT2D eigenvalue weighted by atomic mass is 32.2. The Balaban J connectivity index is 2.44. The number of carbonyl (C=O) groups is 2. The molecule has 1 heterocycles. The largest absolute Gasteiger partial charge is 0.466 e. The Morgan fingerprint density at radius 3 is 2.29 bits per heavy atom. The van der Waals surface area contributed by atoms with Crippen LogP contribution in [0.4, 0.5) is 10.1 Å². The molecule has 35 heavy (non-hydrogen) atoms. The topological polar surface area (TPSA) is 152 Å². The second-order valence-electron chi connectivity index (χ2n) is 7.16. The van der Waals surface area contributed by atoms with Crippen molar-refractivity contribution >= 4 is 27.6 Å². The van der Waals surface area contributed by atoms with Crippen molar-refractivity contribution in [2.75, 3.05) is 26.2 Å². The highest BCUT2D eigenvalue weighted by Gasteiger charge is 2.43. The summed E-state index contributed by atoms with van der Waals surface area (Å²) in [5.41, 5.74) is 5.89. The lowest BCUT2D eigenvalue weighted by molar-refractivity contribution is -0.139. The quantitative estimate of drug-likeness (QED) is 0.564. The van der Waals surface area contributed by atoms with Crippen molar-refractivity contribution in [2.24, 2.45) is 5.73 Å². The summed E-state index contributed by atoms with van der Waals surface area (Å²) in [6, 6.07) is 13.2. The first kappa shape index (κ1) is 25.4. The first-order valence-corrected chi connectivity index (χ1v) is 11.5. The molecule has 1 unspecified atom stereocenters. The van der Waals surface area contributed by atoms with Gasteiger partial charge in [0.25, 0.3) is 0 Å². The van der Waals surface area contributed by atoms with E-state index in [4.69, 9.17) is 15.2 Å². The molecule has 12 heteroatoms. The highest BCUT2D eigenvalue weighted by Crippen LogP contribution is 2.43. The van der Waals surface area contributed by atoms with Crippen LogP contribution in [0.25, 0.3) is 0 Å². The number of esters is 2. The lowest BCUT2D eigenvalue weighted by Crippen LogP contribution is -2.40. The normalized spacial score (nSPS) is 16.1. The van der Waals surface area contributed by atoms with E-state index >= 15 is 0 Å². The van der Waals surface area contributed by atoms with Crippen molar-refractivity contribution in [1.82, 2.24) is 4.72 Å². The van der Waals surface area contributed by atoms with Gasteiger partial charge in [-0.2, -0.15) is 5.26 Å². The Labute approximate surface area is 201 Å². The van der Waals surface area contributed by atoms with E-state index in [1.165, 1.54) is 0 Å². The molecule has 182 valence electrons. The van der Waals surface area contributed by atoms with E-state index in [0.717, 1.165) is 44.4 Å². The summed E-state index contributed by atoms with van der Waals surface area (Å²) in [5.74, 6) is -4.42. The molecule has 1 aliphatic heterocycles. The van der Waals surface area contributed by atoms with Gasteiger partial charge in [-0.1, -0.05) is 30.3 Å². The van der Waals surface area contributed by atoms with Crippen LogP contribution in [0.3, 0.4) is 0 Å². The van der Waals surface area contributed by atoms with Crippen molar-refractivity contribution in [1.29, 1.82) is 5.26 Å². The number of sulfonamides is 1. The van der Waals surface area contributed by atoms with Gasteiger partial charge in [0, 0.05) is 5.69 Å². The van der Waals surface area contributed by atoms with E-state index in [9.17, 15) is 27.7 Å². The number of halogens is 1. The molecule has 10 nitrogen and oxygen atoms in total. The standard InChI is InChI=1S/C23H21FN4O6S/c1-27-35(31,32)17-11-14(9-10-16(17)24)28-20(23(30)34-3)19(22(29)33-2)18(15(12-25)21(28)26)13-7-5-4-6-8-13/h4-11,18,27H,26H2,1-3H3. The number of carbonyl (C=O) groups excluding carboxylic acids is 2. The first-order chi connectivity index (χ1) is 16.6. The molecule has 0 saturated heterocycles. The molecule has 0 saturated carbocycles. The van der Waals surface area contributed by atoms with E-state index in [-0.39, 0.29) is 22.7 Å². The summed E-state index contributed by atoms with van der Waals surface area (Å²) in [6.07, 6.45) is 0. The zero-order valence-electron chi connectivity index (χ0n) is 18.9. The van der Waals surface area contributed by atoms with Crippen LogP contribution in [-0.2, 0) is 29.1 Å². The van der Waals surface area contributed by atoms with Gasteiger partial charge < -0.3 is 15.2 Å². The van der Waals surface area contributed by atoms with Gasteiger partial charge in [0.1, 0.15) is 22.2 Å². The Morgan fingerprint density at radius 1 is 1.11 bits per heavy atom. The van der Waals surface area contributed by atoms with Gasteiger partial charge in [0.15, 0.2) is 0 Å². The number of nitriles is 1. The minimum atomic E-state index is -4.26. The summed E-state index contributed by atoms with van der Waals surface area (Å²) >= 11 is 0. The van der Waals surface area contributed by atoms with Crippen LogP contribution in [0, 0.1) is 17.1 Å². The van der Waals surface area contributed by atoms with Crippen LogP contribution in [-0.4, -0.2) is 41.6 Å². The van der Waals surface area contributed by atoms with Crippen LogP contribution in [0.15, 0.2) is 76.1 Å². The number of allylic oxidation sites excluding steroid dienone is 1. The zero-order chi connectivity index (χ0) is 25.9. The molecule has 3 rings (SSSR count). The third kappa shape index (κ3) is 4.46. The van der Waals surface area contributed by atoms with Gasteiger partial charge in [-0.15, -0.1) is 0 Å². The Hall–Kier alpha value is -4.21. The molecule has 0 spiro atoms. The average Bonchev–Trinajstić information content (AvgIpc) is 2.87. The third-order valence-corrected chi connectivity index (χ3v) is 6.77. The van der Waals surface area contributed by atoms with Crippen LogP contribution in [0.1, 0.15) is 11.5 Å². The maximum Gasteiger partial charge on any atom is 0.355 e. The highest BCUT2D eigenvalue weighted by molar-refractivity contribution is 7.89. The Kier molecular flexibility index (Phi) is 7.23. The van der Waals surface area contributed by atoms with Gasteiger partial charge in [-0.05, 0) is 30.8 Å². The molecule has 0 bridgehead atoms. The maximum absolute atomic E-state index is 14.4. The van der Waals surface area contributed by atoms with Crippen LogP contribution in [0.2, 0.25) is 0 Å². The van der Waals surface area contributed by atoms with Crippen molar-refractivity contribution in [2.45, 2.75) is 10.8 Å². The molecule has 2 aromatic carbocycles. The van der Waals surface area contributed by atoms with Crippen LogP contribution < -0.4 is 15.4 Å². The fraction of sp³-hybridized carbons (Fsp3) is 0.174. The predicted molar refractivity (Wildman–Crippen MR) is 122 cm³/mol. The number of rotatable bonds is 6. The van der Waals surface area contributed by atoms with Gasteiger partial charge in [0.05, 0.1) is 37.4 Å². The van der Waals surface area contributed by atoms with Gasteiger partial charge >= 0.3 is 11.9 Å². The molecule has 0 amide bonds. The molecule has 2 aromatic rings. The van der Waals surface area contributed by atoms with Crippen LogP contribution in [0.5, 0.6) is 0 Å². The molecule has 0 aromatic heterocycles. The molecule has 0 radical (unpaired) electrons. The number of hydrogen-bond donors (Lipinski definition) is 2. The molecule has 0 aliphatic carbocycles. The molecular formula is C23H21FN4O6S. The number of ether oxygens (including phenoxy) is 2. The van der Waals surface area contributed by atoms with Gasteiger partial charge in [-0.3, -0.25) is 4.90 Å². The number of anilines is 1. The average molecular weight is 501 g/mol. The van der Waals surface area contributed by atoms with Crippen molar-refractivity contribution in [3.63, 3.8) is 0 Å². The number of benzene rings is 2. The fourth-order valence-electron chi connectivity index (χ4n) is 3.73. The Bertz CT molecular complexity index is 1400. The van der Waals surface area contributed by atoms with Crippen molar-refractivity contribution in [3.8, 4) is 6.07 Å². The number of nitrogens with one attached hydrogen (secondary N) is 1. The zero-order valence-corrected chi connectivity index (χ0v) is 19.7. The first-order valence-electron chi connectivity index (χ1n) is 10.0. The lowest BCUT2D eigenvalue weighted by Gasteiger charge is -2.36. The molecule has 0 fully saturated rings. The van der Waals surface area contributed by atoms with E-state index < -0.39 is 44.3 Å². The molecule has 1 atom stereocenters. The van der Waals surface area contributed by atoms with E-state index in [1.54, 1.807) is 30.3 Å². The minimum Gasteiger partial charge on any atom is -0.466 e. The molecule has 3 N–H and O–H groups in total. The summed E-state index contributed by atoms with van der Waals surface area (Å²) in [4.78, 5) is 26.2. The minimum absolute atomic E-state index is 0.112. The number of hydrogen-bond acceptors (Lipinski definition) is 9. The Morgan fingerprint density at radius 2 is 1.74 bits per heavy atom. The van der Waals surface area contributed by atoms with E-state index in [2.05, 4.69) is 0 Å². The van der Waals surface area contributed by atoms with Gasteiger partial charge in [0.2, 0.25) is 10.0 Å². The third-order valence-electron chi connectivity index (χ3n) is 5.34. The lowest BCUT2D eigenvalue weighted by atomic mass is 9.81. The number of nitrogens with two attached hydrogens (primary N) is 1. The van der Waals surface area contributed by atoms with Crippen molar-refractivity contribution in [3.05, 3.63) is 82.6 Å². The smallest absolute Gasteiger partial charge is 0.355 e. The van der Waals surface area contributed by atoms with Crippen LogP contribution >= 0.6 is 0 Å². The second-order valence-corrected chi connectivity index (χ2v) is 9.01. The summed E-state index contributed by atoms with van der Waals surface area (Å²) in [5, 5.41) is 10.0. The second kappa shape index (κ2) is 9.96. The summed E-state index contributed by atoms with van der Waals surface area (Å²) in [7, 11) is -0.987. The van der Waals surface area contributed by atoms with E-state index in [1.807, 2.05) is 10.8 Å². The summed E-state index contributed by atoms with van der Waals surface area (Å²) in [6.45, 7) is 0. The van der Waals surface area contributed by atoms with E-state index in [0.29, 0.717) is 5.56 Å². The number of nitrogens with zero attached hydrogens (tertiary/aromatic N) is 2. The summed E-state index contributed by atoms with van der Waals surface area (Å²) < 4.78 is 50.9. The van der Waals surface area contributed by atoms with Gasteiger partial charge in [-0.25, -0.2) is 27.1 Å². The van der Waals surface area contributed by atoms with Crippen molar-refractivity contribution < 1.29 is 31.9 Å². The SMILES string of the molecule is CNS(=O)(=O)c1cc(N2C(N)=C(C#N)C(c3ccccc3)C(C(=O)OC)=C2C(=O)OC)ccc1F.